The van der Waals surface area contributed by atoms with Crippen molar-refractivity contribution in [3.05, 3.63) is 46.5 Å². The lowest BCUT2D eigenvalue weighted by Gasteiger charge is -2.13. The molecule has 1 aromatic heterocycles. The first-order valence-corrected chi connectivity index (χ1v) is 9.02. The zero-order chi connectivity index (χ0) is 21.2. The number of alkyl halides is 3. The number of esters is 1. The van der Waals surface area contributed by atoms with Crippen molar-refractivity contribution in [3.63, 3.8) is 0 Å². The summed E-state index contributed by atoms with van der Waals surface area (Å²) in [6, 6.07) is 6.22. The van der Waals surface area contributed by atoms with E-state index in [1.165, 1.54) is 39.5 Å². The number of fused-ring (bicyclic) bond motifs is 1. The topological polar surface area (TPSA) is 66.9 Å². The third kappa shape index (κ3) is 4.37. The fraction of sp³-hybridized carbons (Fsp3) is 0.263. The Hall–Kier alpha value is -3.01. The van der Waals surface area contributed by atoms with Crippen LogP contribution in [0.4, 0.5) is 13.2 Å². The van der Waals surface area contributed by atoms with Gasteiger partial charge >= 0.3 is 12.1 Å². The van der Waals surface area contributed by atoms with Crippen LogP contribution in [-0.4, -0.2) is 32.3 Å². The number of hydrogen-bond donors (Lipinski definition) is 0. The van der Waals surface area contributed by atoms with Crippen molar-refractivity contribution in [3.8, 4) is 17.2 Å². The summed E-state index contributed by atoms with van der Waals surface area (Å²) < 4.78 is 59.8. The Morgan fingerprint density at radius 1 is 1.00 bits per heavy atom. The van der Waals surface area contributed by atoms with Crippen LogP contribution >= 0.6 is 11.3 Å². The van der Waals surface area contributed by atoms with E-state index in [-0.39, 0.29) is 23.4 Å². The number of methoxy groups -OCH3 is 3. The predicted octanol–water partition coefficient (Wildman–Crippen LogP) is 4.70. The Morgan fingerprint density at radius 2 is 1.66 bits per heavy atom. The fourth-order valence-corrected chi connectivity index (χ4v) is 3.47. The molecular weight excluding hydrogens is 411 g/mol. The Bertz CT molecular complexity index is 1050. The van der Waals surface area contributed by atoms with Crippen LogP contribution in [0.2, 0.25) is 0 Å². The first kappa shape index (κ1) is 20.7. The van der Waals surface area contributed by atoms with Gasteiger partial charge in [0.25, 0.3) is 0 Å². The van der Waals surface area contributed by atoms with Gasteiger partial charge < -0.3 is 18.9 Å². The van der Waals surface area contributed by atoms with Gasteiger partial charge in [-0.1, -0.05) is 0 Å². The largest absolute Gasteiger partial charge is 0.496 e. The molecule has 6 nitrogen and oxygen atoms in total. The van der Waals surface area contributed by atoms with Gasteiger partial charge in [0, 0.05) is 12.1 Å². The molecule has 3 rings (SSSR count). The Kier molecular flexibility index (Phi) is 5.83. The van der Waals surface area contributed by atoms with E-state index in [0.29, 0.717) is 21.2 Å². The van der Waals surface area contributed by atoms with Gasteiger partial charge in [0.15, 0.2) is 11.5 Å². The minimum atomic E-state index is -4.45. The van der Waals surface area contributed by atoms with Gasteiger partial charge in [0.1, 0.15) is 22.9 Å². The van der Waals surface area contributed by atoms with Crippen LogP contribution < -0.4 is 14.2 Å². The lowest BCUT2D eigenvalue weighted by Crippen LogP contribution is -2.08. The molecule has 0 aliphatic carbocycles. The summed E-state index contributed by atoms with van der Waals surface area (Å²) in [5.41, 5.74) is -0.473. The zero-order valence-corrected chi connectivity index (χ0v) is 16.4. The van der Waals surface area contributed by atoms with Crippen molar-refractivity contribution in [2.75, 3.05) is 21.3 Å². The zero-order valence-electron chi connectivity index (χ0n) is 15.6. The van der Waals surface area contributed by atoms with Crippen molar-refractivity contribution < 1.29 is 36.9 Å². The van der Waals surface area contributed by atoms with Gasteiger partial charge in [0.2, 0.25) is 0 Å². The second kappa shape index (κ2) is 8.16. The molecule has 0 bridgehead atoms. The van der Waals surface area contributed by atoms with Crippen LogP contribution in [0.15, 0.2) is 30.3 Å². The maximum Gasteiger partial charge on any atom is 0.416 e. The average molecular weight is 427 g/mol. The standard InChI is InChI=1S/C19H16F3NO5S/c1-25-13-8-15(27-3)14(26-2)7-11(13)18(24)28-9-17-23-12-6-10(19(20,21)22)4-5-16(12)29-17/h4-8H,9H2,1-3H3. The maximum absolute atomic E-state index is 12.8. The van der Waals surface area contributed by atoms with E-state index < -0.39 is 17.7 Å². The highest BCUT2D eigenvalue weighted by Gasteiger charge is 2.30. The summed E-state index contributed by atoms with van der Waals surface area (Å²) in [4.78, 5) is 16.6. The molecule has 0 saturated carbocycles. The molecule has 29 heavy (non-hydrogen) atoms. The maximum atomic E-state index is 12.8. The summed E-state index contributed by atoms with van der Waals surface area (Å²) >= 11 is 1.15. The van der Waals surface area contributed by atoms with E-state index in [2.05, 4.69) is 4.98 Å². The monoisotopic (exact) mass is 427 g/mol. The van der Waals surface area contributed by atoms with Crippen molar-refractivity contribution >= 4 is 27.5 Å². The van der Waals surface area contributed by atoms with Gasteiger partial charge in [0.05, 0.1) is 37.1 Å². The van der Waals surface area contributed by atoms with Crippen LogP contribution in [0.1, 0.15) is 20.9 Å². The first-order chi connectivity index (χ1) is 13.8. The lowest BCUT2D eigenvalue weighted by molar-refractivity contribution is -0.137. The van der Waals surface area contributed by atoms with Gasteiger partial charge in [-0.2, -0.15) is 13.2 Å². The number of carbonyl (C=O) groups excluding carboxylic acids is 1. The molecule has 0 fully saturated rings. The van der Waals surface area contributed by atoms with E-state index >= 15 is 0 Å². The Balaban J connectivity index is 1.80. The lowest BCUT2D eigenvalue weighted by atomic mass is 10.1. The van der Waals surface area contributed by atoms with Crippen molar-refractivity contribution in [1.82, 2.24) is 4.98 Å². The Labute approximate surface area is 167 Å². The molecule has 1 heterocycles. The molecule has 0 atom stereocenters. The minimum absolute atomic E-state index is 0.116. The molecule has 2 aromatic carbocycles. The number of thiazole rings is 1. The SMILES string of the molecule is COc1cc(OC)c(C(=O)OCc2nc3cc(C(F)(F)F)ccc3s2)cc1OC. The van der Waals surface area contributed by atoms with E-state index in [4.69, 9.17) is 18.9 Å². The molecule has 0 amide bonds. The second-order valence-electron chi connectivity index (χ2n) is 5.77. The third-order valence-corrected chi connectivity index (χ3v) is 5.02. The molecule has 0 saturated heterocycles. The number of nitrogens with zero attached hydrogens (tertiary/aromatic N) is 1. The first-order valence-electron chi connectivity index (χ1n) is 8.20. The number of hydrogen-bond acceptors (Lipinski definition) is 7. The van der Waals surface area contributed by atoms with Gasteiger partial charge in [-0.05, 0) is 18.2 Å². The summed E-state index contributed by atoms with van der Waals surface area (Å²) in [6.45, 7) is -0.197. The van der Waals surface area contributed by atoms with Gasteiger partial charge in [-0.3, -0.25) is 0 Å². The van der Waals surface area contributed by atoms with Crippen molar-refractivity contribution in [2.24, 2.45) is 0 Å². The molecular formula is C19H16F3NO5S. The normalized spacial score (nSPS) is 11.4. The molecule has 0 aliphatic heterocycles. The van der Waals surface area contributed by atoms with Crippen LogP contribution in [0, 0.1) is 0 Å². The number of ether oxygens (including phenoxy) is 4. The number of carbonyl (C=O) groups is 1. The fourth-order valence-electron chi connectivity index (χ4n) is 2.61. The van der Waals surface area contributed by atoms with E-state index in [0.717, 1.165) is 23.5 Å². The van der Waals surface area contributed by atoms with Crippen molar-refractivity contribution in [2.45, 2.75) is 12.8 Å². The summed E-state index contributed by atoms with van der Waals surface area (Å²) in [5.74, 6) is 0.234. The predicted molar refractivity (Wildman–Crippen MR) is 99.8 cm³/mol. The number of aromatic nitrogens is 1. The Morgan fingerprint density at radius 3 is 2.28 bits per heavy atom. The smallest absolute Gasteiger partial charge is 0.416 e. The van der Waals surface area contributed by atoms with Crippen LogP contribution in [0.5, 0.6) is 17.2 Å². The third-order valence-electron chi connectivity index (χ3n) is 4.01. The van der Waals surface area contributed by atoms with Gasteiger partial charge in [-0.15, -0.1) is 11.3 Å². The minimum Gasteiger partial charge on any atom is -0.496 e. The average Bonchev–Trinajstić information content (AvgIpc) is 3.12. The molecule has 3 aromatic rings. The molecule has 0 spiro atoms. The molecule has 0 aliphatic rings. The summed E-state index contributed by atoms with van der Waals surface area (Å²) in [5, 5.41) is 0.368. The highest BCUT2D eigenvalue weighted by molar-refractivity contribution is 7.18. The van der Waals surface area contributed by atoms with E-state index in [1.807, 2.05) is 0 Å². The molecule has 0 radical (unpaired) electrons. The molecule has 0 unspecified atom stereocenters. The number of benzene rings is 2. The molecule has 10 heteroatoms. The van der Waals surface area contributed by atoms with Crippen LogP contribution in [-0.2, 0) is 17.5 Å². The molecule has 154 valence electrons. The highest BCUT2D eigenvalue weighted by Crippen LogP contribution is 2.36. The van der Waals surface area contributed by atoms with E-state index in [9.17, 15) is 18.0 Å². The van der Waals surface area contributed by atoms with E-state index in [1.54, 1.807) is 0 Å². The number of rotatable bonds is 6. The quantitative estimate of drug-likeness (QED) is 0.532. The summed E-state index contributed by atoms with van der Waals surface area (Å²) in [6.07, 6.45) is -4.45. The second-order valence-corrected chi connectivity index (χ2v) is 6.89. The summed E-state index contributed by atoms with van der Waals surface area (Å²) in [7, 11) is 4.27. The van der Waals surface area contributed by atoms with Gasteiger partial charge in [-0.25, -0.2) is 9.78 Å². The van der Waals surface area contributed by atoms with Crippen LogP contribution in [0.3, 0.4) is 0 Å². The highest BCUT2D eigenvalue weighted by atomic mass is 32.1. The van der Waals surface area contributed by atoms with Crippen LogP contribution in [0.25, 0.3) is 10.2 Å². The molecule has 0 N–H and O–H groups in total. The van der Waals surface area contributed by atoms with Crippen molar-refractivity contribution in [1.29, 1.82) is 0 Å². The number of halogens is 3.